The lowest BCUT2D eigenvalue weighted by atomic mass is 10.1. The predicted octanol–water partition coefficient (Wildman–Crippen LogP) is 2.35. The first-order valence-corrected chi connectivity index (χ1v) is 5.86. The largest absolute Gasteiger partial charge is 0.314 e. The number of nitrogens with zero attached hydrogens (tertiary/aromatic N) is 1. The maximum Gasteiger partial charge on any atom is 0.123 e. The molecule has 1 N–H and O–H groups in total. The van der Waals surface area contributed by atoms with Gasteiger partial charge in [-0.1, -0.05) is 6.07 Å². The van der Waals surface area contributed by atoms with Gasteiger partial charge in [0.05, 0.1) is 0 Å². The van der Waals surface area contributed by atoms with Crippen LogP contribution in [-0.4, -0.2) is 30.6 Å². The summed E-state index contributed by atoms with van der Waals surface area (Å²) >= 11 is 0. The van der Waals surface area contributed by atoms with E-state index in [1.54, 1.807) is 6.07 Å². The molecule has 1 aliphatic heterocycles. The molecule has 1 heterocycles. The van der Waals surface area contributed by atoms with Crippen molar-refractivity contribution in [1.82, 2.24) is 10.2 Å². The molecule has 96 valence electrons. The topological polar surface area (TPSA) is 15.3 Å². The van der Waals surface area contributed by atoms with Gasteiger partial charge in [0.25, 0.3) is 0 Å². The number of benzene rings is 1. The van der Waals surface area contributed by atoms with Crippen LogP contribution >= 0.6 is 12.4 Å². The fourth-order valence-corrected chi connectivity index (χ4v) is 2.15. The standard InChI is InChI=1S/C13H19FN2.ClH/c1-10-3-4-13(14)7-12(10)9-16-6-5-15-8-11(16)2;/h3-4,7,11,15H,5-6,8-9H2,1-2H3;1H/t11-;/m0./s1. The van der Waals surface area contributed by atoms with E-state index in [1.807, 2.05) is 13.0 Å². The average Bonchev–Trinajstić information content (AvgIpc) is 2.27. The number of hydrogen-bond acceptors (Lipinski definition) is 2. The Morgan fingerprint density at radius 2 is 2.24 bits per heavy atom. The summed E-state index contributed by atoms with van der Waals surface area (Å²) in [4.78, 5) is 2.40. The molecule has 1 aliphatic rings. The second kappa shape index (κ2) is 6.34. The third kappa shape index (κ3) is 3.66. The highest BCUT2D eigenvalue weighted by molar-refractivity contribution is 5.85. The molecule has 17 heavy (non-hydrogen) atoms. The number of hydrogen-bond donors (Lipinski definition) is 1. The van der Waals surface area contributed by atoms with Crippen molar-refractivity contribution in [2.24, 2.45) is 0 Å². The van der Waals surface area contributed by atoms with Crippen molar-refractivity contribution < 1.29 is 4.39 Å². The Bertz CT molecular complexity index is 370. The zero-order valence-corrected chi connectivity index (χ0v) is 11.2. The SMILES string of the molecule is Cc1ccc(F)cc1CN1CCNC[C@@H]1C.Cl. The summed E-state index contributed by atoms with van der Waals surface area (Å²) in [5, 5.41) is 3.36. The van der Waals surface area contributed by atoms with E-state index >= 15 is 0 Å². The minimum Gasteiger partial charge on any atom is -0.314 e. The van der Waals surface area contributed by atoms with Crippen LogP contribution in [0.2, 0.25) is 0 Å². The average molecular weight is 259 g/mol. The Hall–Kier alpha value is -0.640. The van der Waals surface area contributed by atoms with Gasteiger partial charge >= 0.3 is 0 Å². The van der Waals surface area contributed by atoms with E-state index in [0.29, 0.717) is 6.04 Å². The third-order valence-electron chi connectivity index (χ3n) is 3.32. The Balaban J connectivity index is 0.00000144. The number of rotatable bonds is 2. The van der Waals surface area contributed by atoms with Crippen LogP contribution in [0.3, 0.4) is 0 Å². The zero-order chi connectivity index (χ0) is 11.5. The Labute approximate surface area is 109 Å². The van der Waals surface area contributed by atoms with Gasteiger partial charge < -0.3 is 5.32 Å². The second-order valence-electron chi connectivity index (χ2n) is 4.59. The normalized spacial score (nSPS) is 21.0. The van der Waals surface area contributed by atoms with Gasteiger partial charge in [-0.15, -0.1) is 12.4 Å². The molecule has 0 bridgehead atoms. The van der Waals surface area contributed by atoms with Crippen LogP contribution in [0.25, 0.3) is 0 Å². The van der Waals surface area contributed by atoms with E-state index < -0.39 is 0 Å². The molecule has 0 radical (unpaired) electrons. The number of halogens is 2. The van der Waals surface area contributed by atoms with Crippen molar-refractivity contribution in [1.29, 1.82) is 0 Å². The summed E-state index contributed by atoms with van der Waals surface area (Å²) in [6.07, 6.45) is 0. The van der Waals surface area contributed by atoms with Crippen LogP contribution in [0.15, 0.2) is 18.2 Å². The van der Waals surface area contributed by atoms with Gasteiger partial charge in [0.2, 0.25) is 0 Å². The van der Waals surface area contributed by atoms with Gasteiger partial charge in [0.1, 0.15) is 5.82 Å². The molecule has 1 atom stereocenters. The first-order valence-electron chi connectivity index (χ1n) is 5.86. The lowest BCUT2D eigenvalue weighted by Gasteiger charge is -2.34. The van der Waals surface area contributed by atoms with E-state index in [4.69, 9.17) is 0 Å². The zero-order valence-electron chi connectivity index (χ0n) is 10.4. The maximum atomic E-state index is 13.2. The molecule has 0 aliphatic carbocycles. The van der Waals surface area contributed by atoms with Crippen molar-refractivity contribution in [2.45, 2.75) is 26.4 Å². The van der Waals surface area contributed by atoms with Gasteiger partial charge in [-0.2, -0.15) is 0 Å². The molecule has 0 saturated carbocycles. The smallest absolute Gasteiger partial charge is 0.123 e. The molecule has 0 unspecified atom stereocenters. The Morgan fingerprint density at radius 1 is 1.47 bits per heavy atom. The van der Waals surface area contributed by atoms with Crippen LogP contribution < -0.4 is 5.32 Å². The van der Waals surface area contributed by atoms with Gasteiger partial charge in [-0.05, 0) is 37.1 Å². The molecule has 0 amide bonds. The van der Waals surface area contributed by atoms with Crippen LogP contribution in [0.5, 0.6) is 0 Å². The van der Waals surface area contributed by atoms with Gasteiger partial charge in [-0.3, -0.25) is 4.90 Å². The minimum absolute atomic E-state index is 0. The number of aryl methyl sites for hydroxylation is 1. The summed E-state index contributed by atoms with van der Waals surface area (Å²) in [6.45, 7) is 8.19. The Kier molecular flexibility index (Phi) is 5.37. The second-order valence-corrected chi connectivity index (χ2v) is 4.59. The number of nitrogens with one attached hydrogen (secondary N) is 1. The van der Waals surface area contributed by atoms with Crippen molar-refractivity contribution in [2.75, 3.05) is 19.6 Å². The van der Waals surface area contributed by atoms with Crippen LogP contribution in [-0.2, 0) is 6.54 Å². The van der Waals surface area contributed by atoms with Crippen molar-refractivity contribution in [3.05, 3.63) is 35.1 Å². The first-order chi connectivity index (χ1) is 7.66. The van der Waals surface area contributed by atoms with Crippen LogP contribution in [0, 0.1) is 12.7 Å². The fourth-order valence-electron chi connectivity index (χ4n) is 2.15. The van der Waals surface area contributed by atoms with E-state index in [1.165, 1.54) is 11.6 Å². The molecule has 1 aromatic carbocycles. The summed E-state index contributed by atoms with van der Waals surface area (Å²) in [6, 6.07) is 5.57. The highest BCUT2D eigenvalue weighted by Crippen LogP contribution is 2.15. The van der Waals surface area contributed by atoms with Crippen molar-refractivity contribution in [3.8, 4) is 0 Å². The summed E-state index contributed by atoms with van der Waals surface area (Å²) in [7, 11) is 0. The first kappa shape index (κ1) is 14.4. The third-order valence-corrected chi connectivity index (χ3v) is 3.32. The van der Waals surface area contributed by atoms with Crippen LogP contribution in [0.4, 0.5) is 4.39 Å². The highest BCUT2D eigenvalue weighted by Gasteiger charge is 2.18. The molecule has 0 aromatic heterocycles. The van der Waals surface area contributed by atoms with E-state index in [-0.39, 0.29) is 18.2 Å². The number of piperazine rings is 1. The van der Waals surface area contributed by atoms with Crippen molar-refractivity contribution in [3.63, 3.8) is 0 Å². The van der Waals surface area contributed by atoms with E-state index in [2.05, 4.69) is 17.1 Å². The molecule has 2 rings (SSSR count). The predicted molar refractivity (Wildman–Crippen MR) is 71.1 cm³/mol. The van der Waals surface area contributed by atoms with Gasteiger partial charge in [0.15, 0.2) is 0 Å². The van der Waals surface area contributed by atoms with Gasteiger partial charge in [-0.25, -0.2) is 4.39 Å². The quantitative estimate of drug-likeness (QED) is 0.876. The fraction of sp³-hybridized carbons (Fsp3) is 0.538. The van der Waals surface area contributed by atoms with Gasteiger partial charge in [0, 0.05) is 32.2 Å². The maximum absolute atomic E-state index is 13.2. The van der Waals surface area contributed by atoms with Crippen molar-refractivity contribution >= 4 is 12.4 Å². The summed E-state index contributed by atoms with van der Waals surface area (Å²) < 4.78 is 13.2. The minimum atomic E-state index is -0.136. The Morgan fingerprint density at radius 3 is 2.94 bits per heavy atom. The molecular formula is C13H20ClFN2. The molecule has 1 fully saturated rings. The van der Waals surface area contributed by atoms with Crippen LogP contribution in [0.1, 0.15) is 18.1 Å². The summed E-state index contributed by atoms with van der Waals surface area (Å²) in [5.41, 5.74) is 2.28. The molecular weight excluding hydrogens is 239 g/mol. The highest BCUT2D eigenvalue weighted by atomic mass is 35.5. The summed E-state index contributed by atoms with van der Waals surface area (Å²) in [5.74, 6) is -0.136. The molecule has 4 heteroatoms. The van der Waals surface area contributed by atoms with E-state index in [9.17, 15) is 4.39 Å². The molecule has 0 spiro atoms. The lowest BCUT2D eigenvalue weighted by molar-refractivity contribution is 0.165. The molecule has 1 aromatic rings. The lowest BCUT2D eigenvalue weighted by Crippen LogP contribution is -2.49. The monoisotopic (exact) mass is 258 g/mol. The molecule has 1 saturated heterocycles. The van der Waals surface area contributed by atoms with E-state index in [0.717, 1.165) is 31.7 Å². The molecule has 2 nitrogen and oxygen atoms in total.